The van der Waals surface area contributed by atoms with Crippen LogP contribution >= 0.6 is 0 Å². The highest BCUT2D eigenvalue weighted by molar-refractivity contribution is 5.93. The molecule has 0 aromatic heterocycles. The van der Waals surface area contributed by atoms with Gasteiger partial charge < -0.3 is 15.0 Å². The van der Waals surface area contributed by atoms with Gasteiger partial charge in [0.1, 0.15) is 5.82 Å². The third-order valence-electron chi connectivity index (χ3n) is 4.84. The molecule has 6 heteroatoms. The van der Waals surface area contributed by atoms with Gasteiger partial charge in [0.15, 0.2) is 0 Å². The van der Waals surface area contributed by atoms with Gasteiger partial charge in [0, 0.05) is 24.7 Å². The quantitative estimate of drug-likeness (QED) is 0.814. The molecule has 28 heavy (non-hydrogen) atoms. The van der Waals surface area contributed by atoms with Crippen molar-refractivity contribution < 1.29 is 18.7 Å². The first kappa shape index (κ1) is 19.9. The second-order valence-electron chi connectivity index (χ2n) is 6.96. The Morgan fingerprint density at radius 3 is 2.46 bits per heavy atom. The number of anilines is 1. The molecule has 2 aromatic carbocycles. The summed E-state index contributed by atoms with van der Waals surface area (Å²) in [5.41, 5.74) is 2.28. The summed E-state index contributed by atoms with van der Waals surface area (Å²) in [5, 5.41) is 2.95. The molecule has 148 valence electrons. The van der Waals surface area contributed by atoms with E-state index in [1.54, 1.807) is 11.0 Å². The Morgan fingerprint density at radius 1 is 1.11 bits per heavy atom. The number of ether oxygens (including phenoxy) is 1. The normalized spacial score (nSPS) is 14.6. The zero-order valence-corrected chi connectivity index (χ0v) is 16.0. The molecule has 2 aromatic rings. The minimum atomic E-state index is -0.302. The Balaban J connectivity index is 1.57. The van der Waals surface area contributed by atoms with Crippen molar-refractivity contribution in [3.05, 3.63) is 54.3 Å². The van der Waals surface area contributed by atoms with Gasteiger partial charge in [-0.15, -0.1) is 0 Å². The molecule has 1 fully saturated rings. The molecule has 1 saturated heterocycles. The van der Waals surface area contributed by atoms with E-state index in [1.807, 2.05) is 37.3 Å². The van der Waals surface area contributed by atoms with Crippen molar-refractivity contribution in [2.45, 2.75) is 26.2 Å². The van der Waals surface area contributed by atoms with E-state index in [1.165, 1.54) is 12.1 Å². The van der Waals surface area contributed by atoms with Crippen LogP contribution in [0, 0.1) is 11.7 Å². The third kappa shape index (κ3) is 5.09. The van der Waals surface area contributed by atoms with E-state index in [2.05, 4.69) is 5.32 Å². The van der Waals surface area contributed by atoms with Gasteiger partial charge in [-0.3, -0.25) is 4.79 Å². The number of halogens is 1. The first-order chi connectivity index (χ1) is 13.6. The van der Waals surface area contributed by atoms with Crippen LogP contribution in [0.25, 0.3) is 11.1 Å². The lowest BCUT2D eigenvalue weighted by Gasteiger charge is -2.30. The predicted molar refractivity (Wildman–Crippen MR) is 106 cm³/mol. The number of likely N-dealkylation sites (tertiary alicyclic amines) is 1. The van der Waals surface area contributed by atoms with E-state index in [4.69, 9.17) is 4.74 Å². The highest BCUT2D eigenvalue weighted by Gasteiger charge is 2.28. The van der Waals surface area contributed by atoms with Crippen molar-refractivity contribution in [2.24, 2.45) is 5.92 Å². The van der Waals surface area contributed by atoms with Gasteiger partial charge in [-0.1, -0.05) is 31.2 Å². The van der Waals surface area contributed by atoms with Crippen LogP contribution in [-0.4, -0.2) is 36.6 Å². The Kier molecular flexibility index (Phi) is 6.63. The number of hydrogen-bond acceptors (Lipinski definition) is 3. The second-order valence-corrected chi connectivity index (χ2v) is 6.96. The topological polar surface area (TPSA) is 58.6 Å². The van der Waals surface area contributed by atoms with E-state index in [0.29, 0.717) is 38.2 Å². The molecular weight excluding hydrogens is 359 g/mol. The van der Waals surface area contributed by atoms with Crippen LogP contribution < -0.4 is 5.32 Å². The van der Waals surface area contributed by atoms with E-state index in [0.717, 1.165) is 17.5 Å². The zero-order valence-electron chi connectivity index (χ0n) is 16.0. The highest BCUT2D eigenvalue weighted by Crippen LogP contribution is 2.25. The fourth-order valence-electron chi connectivity index (χ4n) is 3.29. The van der Waals surface area contributed by atoms with Gasteiger partial charge in [-0.05, 0) is 54.7 Å². The average molecular weight is 384 g/mol. The largest absolute Gasteiger partial charge is 0.449 e. The van der Waals surface area contributed by atoms with Crippen molar-refractivity contribution in [3.8, 4) is 11.1 Å². The van der Waals surface area contributed by atoms with E-state index in [-0.39, 0.29) is 23.7 Å². The molecule has 0 bridgehead atoms. The molecule has 0 saturated carbocycles. The van der Waals surface area contributed by atoms with Crippen LogP contribution in [0.2, 0.25) is 0 Å². The van der Waals surface area contributed by atoms with E-state index >= 15 is 0 Å². The second kappa shape index (κ2) is 9.35. The number of hydrogen-bond donors (Lipinski definition) is 1. The SMILES string of the molecule is CCCOC(=O)N1CCC(C(=O)Nc2cccc(-c3cccc(F)c3)c2)CC1. The number of carbonyl (C=O) groups is 2. The summed E-state index contributed by atoms with van der Waals surface area (Å²) in [4.78, 5) is 26.2. The molecule has 1 N–H and O–H groups in total. The van der Waals surface area contributed by atoms with Gasteiger partial charge in [0.25, 0.3) is 0 Å². The maximum Gasteiger partial charge on any atom is 0.409 e. The minimum Gasteiger partial charge on any atom is -0.449 e. The van der Waals surface area contributed by atoms with Crippen LogP contribution in [0.5, 0.6) is 0 Å². The summed E-state index contributed by atoms with van der Waals surface area (Å²) < 4.78 is 18.6. The first-order valence-electron chi connectivity index (χ1n) is 9.65. The zero-order chi connectivity index (χ0) is 19.9. The van der Waals surface area contributed by atoms with Gasteiger partial charge in [-0.25, -0.2) is 9.18 Å². The molecule has 1 aliphatic rings. The van der Waals surface area contributed by atoms with Crippen LogP contribution in [0.4, 0.5) is 14.9 Å². The summed E-state index contributed by atoms with van der Waals surface area (Å²) in [7, 11) is 0. The van der Waals surface area contributed by atoms with Gasteiger partial charge >= 0.3 is 6.09 Å². The van der Waals surface area contributed by atoms with Gasteiger partial charge in [0.05, 0.1) is 6.61 Å². The number of nitrogens with zero attached hydrogens (tertiary/aromatic N) is 1. The molecule has 3 rings (SSSR count). The van der Waals surface area contributed by atoms with Crippen LogP contribution in [0.3, 0.4) is 0 Å². The molecular formula is C22H25FN2O3. The molecule has 0 aliphatic carbocycles. The number of carbonyl (C=O) groups excluding carboxylic acids is 2. The number of nitrogens with one attached hydrogen (secondary N) is 1. The Bertz CT molecular complexity index is 832. The summed E-state index contributed by atoms with van der Waals surface area (Å²) in [6.45, 7) is 3.40. The van der Waals surface area contributed by atoms with Gasteiger partial charge in [-0.2, -0.15) is 0 Å². The standard InChI is InChI=1S/C22H25FN2O3/c1-2-13-28-22(27)25-11-9-16(10-12-25)21(26)24-20-8-4-6-18(15-20)17-5-3-7-19(23)14-17/h3-8,14-16H,2,9-13H2,1H3,(H,24,26). The van der Waals surface area contributed by atoms with E-state index < -0.39 is 0 Å². The molecule has 0 spiro atoms. The highest BCUT2D eigenvalue weighted by atomic mass is 19.1. The summed E-state index contributed by atoms with van der Waals surface area (Å²) in [5.74, 6) is -0.498. The number of rotatable bonds is 5. The summed E-state index contributed by atoms with van der Waals surface area (Å²) >= 11 is 0. The lowest BCUT2D eigenvalue weighted by Crippen LogP contribution is -2.41. The maximum atomic E-state index is 13.5. The van der Waals surface area contributed by atoms with Crippen LogP contribution in [0.1, 0.15) is 26.2 Å². The molecule has 1 heterocycles. The molecule has 2 amide bonds. The fraction of sp³-hybridized carbons (Fsp3) is 0.364. The molecule has 1 aliphatic heterocycles. The predicted octanol–water partition coefficient (Wildman–Crippen LogP) is 4.69. The lowest BCUT2D eigenvalue weighted by atomic mass is 9.96. The van der Waals surface area contributed by atoms with Crippen LogP contribution in [-0.2, 0) is 9.53 Å². The van der Waals surface area contributed by atoms with Crippen molar-refractivity contribution in [3.63, 3.8) is 0 Å². The van der Waals surface area contributed by atoms with Crippen molar-refractivity contribution >= 4 is 17.7 Å². The van der Waals surface area contributed by atoms with E-state index in [9.17, 15) is 14.0 Å². The Morgan fingerprint density at radius 2 is 1.79 bits per heavy atom. The summed E-state index contributed by atoms with van der Waals surface area (Å²) in [6, 6.07) is 13.7. The third-order valence-corrected chi connectivity index (χ3v) is 4.84. The summed E-state index contributed by atoms with van der Waals surface area (Å²) in [6.07, 6.45) is 1.70. The maximum absolute atomic E-state index is 13.5. The van der Waals surface area contributed by atoms with Crippen molar-refractivity contribution in [2.75, 3.05) is 25.0 Å². The number of amides is 2. The first-order valence-corrected chi connectivity index (χ1v) is 9.65. The van der Waals surface area contributed by atoms with Crippen LogP contribution in [0.15, 0.2) is 48.5 Å². The molecule has 0 radical (unpaired) electrons. The molecule has 0 atom stereocenters. The minimum absolute atomic E-state index is 0.0574. The molecule has 0 unspecified atom stereocenters. The van der Waals surface area contributed by atoms with Crippen molar-refractivity contribution in [1.82, 2.24) is 4.90 Å². The monoisotopic (exact) mass is 384 g/mol. The smallest absolute Gasteiger partial charge is 0.409 e. The van der Waals surface area contributed by atoms with Gasteiger partial charge in [0.2, 0.25) is 5.91 Å². The Hall–Kier alpha value is -2.89. The van der Waals surface area contributed by atoms with Crippen molar-refractivity contribution in [1.29, 1.82) is 0 Å². The Labute approximate surface area is 164 Å². The fourth-order valence-corrected chi connectivity index (χ4v) is 3.29. The number of piperidine rings is 1. The lowest BCUT2D eigenvalue weighted by molar-refractivity contribution is -0.121. The molecule has 5 nitrogen and oxygen atoms in total. The number of benzene rings is 2. The average Bonchev–Trinajstić information content (AvgIpc) is 2.72.